The van der Waals surface area contributed by atoms with Gasteiger partial charge in [-0.1, -0.05) is 5.16 Å². The van der Waals surface area contributed by atoms with Crippen molar-refractivity contribution in [3.8, 4) is 0 Å². The van der Waals surface area contributed by atoms with Crippen LogP contribution in [0.5, 0.6) is 0 Å². The van der Waals surface area contributed by atoms with Gasteiger partial charge in [0.1, 0.15) is 0 Å². The van der Waals surface area contributed by atoms with Crippen molar-refractivity contribution in [3.05, 3.63) is 11.7 Å². The molecule has 100 valence electrons. The predicted molar refractivity (Wildman–Crippen MR) is 68.1 cm³/mol. The van der Waals surface area contributed by atoms with Crippen LogP contribution < -0.4 is 0 Å². The molecule has 2 aliphatic rings. The normalized spacial score (nSPS) is 26.7. The smallest absolute Gasteiger partial charge is 0.240 e. The van der Waals surface area contributed by atoms with Crippen molar-refractivity contribution in [1.82, 2.24) is 19.9 Å². The standard InChI is InChI=1S/C13H22N4O/c1-10-8-17(6-5-16(10)2)9-13-14-12(15-18-13)7-11-3-4-11/h10-11H,3-9H2,1-2H3. The lowest BCUT2D eigenvalue weighted by Gasteiger charge is -2.36. The molecule has 1 unspecified atom stereocenters. The summed E-state index contributed by atoms with van der Waals surface area (Å²) in [4.78, 5) is 9.29. The Morgan fingerprint density at radius 1 is 1.33 bits per heavy atom. The minimum atomic E-state index is 0.604. The molecule has 1 aromatic heterocycles. The largest absolute Gasteiger partial charge is 0.338 e. The predicted octanol–water partition coefficient (Wildman–Crippen LogP) is 1.16. The van der Waals surface area contributed by atoms with E-state index in [1.165, 1.54) is 12.8 Å². The summed E-state index contributed by atoms with van der Waals surface area (Å²) in [5.74, 6) is 2.50. The van der Waals surface area contributed by atoms with Gasteiger partial charge in [-0.15, -0.1) is 0 Å². The first kappa shape index (κ1) is 12.1. The quantitative estimate of drug-likeness (QED) is 0.802. The van der Waals surface area contributed by atoms with E-state index in [0.717, 1.165) is 50.2 Å². The van der Waals surface area contributed by atoms with Crippen LogP contribution in [0.15, 0.2) is 4.52 Å². The van der Waals surface area contributed by atoms with E-state index in [-0.39, 0.29) is 0 Å². The summed E-state index contributed by atoms with van der Waals surface area (Å²) >= 11 is 0. The fourth-order valence-corrected chi connectivity index (χ4v) is 2.48. The van der Waals surface area contributed by atoms with E-state index in [9.17, 15) is 0 Å². The van der Waals surface area contributed by atoms with E-state index >= 15 is 0 Å². The van der Waals surface area contributed by atoms with Crippen molar-refractivity contribution in [2.75, 3.05) is 26.7 Å². The van der Waals surface area contributed by atoms with Crippen LogP contribution in [-0.2, 0) is 13.0 Å². The SMILES string of the molecule is CC1CN(Cc2nc(CC3CC3)no2)CCN1C. The molecule has 1 aliphatic carbocycles. The summed E-state index contributed by atoms with van der Waals surface area (Å²) in [7, 11) is 2.18. The Balaban J connectivity index is 1.53. The van der Waals surface area contributed by atoms with Crippen molar-refractivity contribution in [1.29, 1.82) is 0 Å². The minimum absolute atomic E-state index is 0.604. The van der Waals surface area contributed by atoms with Gasteiger partial charge in [-0.25, -0.2) is 0 Å². The zero-order chi connectivity index (χ0) is 12.5. The van der Waals surface area contributed by atoms with Gasteiger partial charge in [0.05, 0.1) is 6.54 Å². The Hall–Kier alpha value is -0.940. The van der Waals surface area contributed by atoms with Crippen LogP contribution in [0.4, 0.5) is 0 Å². The molecule has 5 heteroatoms. The molecule has 0 spiro atoms. The third-order valence-corrected chi connectivity index (χ3v) is 4.08. The molecule has 0 bridgehead atoms. The van der Waals surface area contributed by atoms with Gasteiger partial charge in [0.15, 0.2) is 5.82 Å². The summed E-state index contributed by atoms with van der Waals surface area (Å²) in [6.45, 7) is 6.34. The zero-order valence-electron chi connectivity index (χ0n) is 11.3. The van der Waals surface area contributed by atoms with Crippen LogP contribution in [0.1, 0.15) is 31.5 Å². The number of aromatic nitrogens is 2. The Morgan fingerprint density at radius 3 is 2.89 bits per heavy atom. The Labute approximate surface area is 108 Å². The molecule has 0 N–H and O–H groups in total. The average molecular weight is 250 g/mol. The third kappa shape index (κ3) is 2.90. The van der Waals surface area contributed by atoms with E-state index in [0.29, 0.717) is 6.04 Å². The summed E-state index contributed by atoms with van der Waals surface area (Å²) in [6, 6.07) is 0.604. The van der Waals surface area contributed by atoms with Crippen LogP contribution >= 0.6 is 0 Å². The molecular formula is C13H22N4O. The number of rotatable bonds is 4. The molecule has 2 fully saturated rings. The average Bonchev–Trinajstić information content (AvgIpc) is 3.04. The lowest BCUT2D eigenvalue weighted by atomic mass is 10.2. The van der Waals surface area contributed by atoms with E-state index < -0.39 is 0 Å². The maximum absolute atomic E-state index is 5.34. The fraction of sp³-hybridized carbons (Fsp3) is 0.846. The zero-order valence-corrected chi connectivity index (χ0v) is 11.3. The number of hydrogen-bond donors (Lipinski definition) is 0. The van der Waals surface area contributed by atoms with Crippen molar-refractivity contribution in [2.24, 2.45) is 5.92 Å². The van der Waals surface area contributed by atoms with Crippen LogP contribution in [0, 0.1) is 5.92 Å². The molecule has 1 aromatic rings. The lowest BCUT2D eigenvalue weighted by Crippen LogP contribution is -2.49. The lowest BCUT2D eigenvalue weighted by molar-refractivity contribution is 0.0914. The van der Waals surface area contributed by atoms with Gasteiger partial charge in [-0.2, -0.15) is 4.98 Å². The van der Waals surface area contributed by atoms with Crippen LogP contribution in [0.25, 0.3) is 0 Å². The highest BCUT2D eigenvalue weighted by molar-refractivity contribution is 4.92. The van der Waals surface area contributed by atoms with E-state index in [4.69, 9.17) is 4.52 Å². The molecule has 1 aliphatic heterocycles. The Kier molecular flexibility index (Phi) is 3.35. The van der Waals surface area contributed by atoms with Crippen molar-refractivity contribution < 1.29 is 4.52 Å². The second kappa shape index (κ2) is 4.97. The monoisotopic (exact) mass is 250 g/mol. The van der Waals surface area contributed by atoms with Gasteiger partial charge in [0.25, 0.3) is 0 Å². The van der Waals surface area contributed by atoms with Gasteiger partial charge in [-0.3, -0.25) is 4.90 Å². The molecule has 2 heterocycles. The van der Waals surface area contributed by atoms with Gasteiger partial charge in [0.2, 0.25) is 5.89 Å². The highest BCUT2D eigenvalue weighted by Crippen LogP contribution is 2.31. The van der Waals surface area contributed by atoms with Gasteiger partial charge < -0.3 is 9.42 Å². The Morgan fingerprint density at radius 2 is 2.17 bits per heavy atom. The van der Waals surface area contributed by atoms with Crippen LogP contribution in [0.3, 0.4) is 0 Å². The second-order valence-corrected chi connectivity index (χ2v) is 5.82. The molecule has 1 saturated carbocycles. The first-order chi connectivity index (χ1) is 8.70. The van der Waals surface area contributed by atoms with Gasteiger partial charge in [0, 0.05) is 32.1 Å². The van der Waals surface area contributed by atoms with E-state index in [2.05, 4.69) is 33.9 Å². The first-order valence-corrected chi connectivity index (χ1v) is 6.95. The molecule has 1 atom stereocenters. The topological polar surface area (TPSA) is 45.4 Å². The molecule has 3 rings (SSSR count). The van der Waals surface area contributed by atoms with Crippen molar-refractivity contribution >= 4 is 0 Å². The maximum atomic E-state index is 5.34. The molecular weight excluding hydrogens is 228 g/mol. The Bertz CT molecular complexity index is 401. The van der Waals surface area contributed by atoms with Crippen molar-refractivity contribution in [2.45, 2.75) is 38.8 Å². The third-order valence-electron chi connectivity index (χ3n) is 4.08. The maximum Gasteiger partial charge on any atom is 0.240 e. The summed E-state index contributed by atoms with van der Waals surface area (Å²) in [5.41, 5.74) is 0. The van der Waals surface area contributed by atoms with Crippen molar-refractivity contribution in [3.63, 3.8) is 0 Å². The van der Waals surface area contributed by atoms with Gasteiger partial charge in [-0.05, 0) is 32.7 Å². The molecule has 0 radical (unpaired) electrons. The van der Waals surface area contributed by atoms with Crippen LogP contribution in [-0.4, -0.2) is 52.7 Å². The number of nitrogens with zero attached hydrogens (tertiary/aromatic N) is 4. The van der Waals surface area contributed by atoms with E-state index in [1.54, 1.807) is 0 Å². The van der Waals surface area contributed by atoms with E-state index in [1.807, 2.05) is 0 Å². The second-order valence-electron chi connectivity index (χ2n) is 5.82. The fourth-order valence-electron chi connectivity index (χ4n) is 2.48. The molecule has 5 nitrogen and oxygen atoms in total. The number of hydrogen-bond acceptors (Lipinski definition) is 5. The minimum Gasteiger partial charge on any atom is -0.338 e. The number of piperazine rings is 1. The summed E-state index contributed by atoms with van der Waals surface area (Å²) in [6.07, 6.45) is 3.67. The molecule has 18 heavy (non-hydrogen) atoms. The number of likely N-dealkylation sites (N-methyl/N-ethyl adjacent to an activating group) is 1. The van der Waals surface area contributed by atoms with Gasteiger partial charge >= 0.3 is 0 Å². The summed E-state index contributed by atoms with van der Waals surface area (Å²) < 4.78 is 5.34. The summed E-state index contributed by atoms with van der Waals surface area (Å²) in [5, 5.41) is 4.07. The highest BCUT2D eigenvalue weighted by Gasteiger charge is 2.25. The highest BCUT2D eigenvalue weighted by atomic mass is 16.5. The molecule has 0 aromatic carbocycles. The molecule has 1 saturated heterocycles. The molecule has 0 amide bonds. The first-order valence-electron chi connectivity index (χ1n) is 6.95. The van der Waals surface area contributed by atoms with Crippen LogP contribution in [0.2, 0.25) is 0 Å².